The fourth-order valence-corrected chi connectivity index (χ4v) is 4.29. The molecule has 0 radical (unpaired) electrons. The van der Waals surface area contributed by atoms with Crippen molar-refractivity contribution in [2.24, 2.45) is 7.05 Å². The second-order valence-electron chi connectivity index (χ2n) is 9.07. The third-order valence-electron chi connectivity index (χ3n) is 6.33. The lowest BCUT2D eigenvalue weighted by Crippen LogP contribution is -2.39. The summed E-state index contributed by atoms with van der Waals surface area (Å²) in [4.78, 5) is 41.6. The quantitative estimate of drug-likeness (QED) is 0.304. The van der Waals surface area contributed by atoms with E-state index < -0.39 is 17.0 Å². The number of aromatic nitrogens is 2. The predicted molar refractivity (Wildman–Crippen MR) is 150 cm³/mol. The minimum atomic E-state index is -0.507. The number of amides is 1. The maximum Gasteiger partial charge on any atom is 0.295 e. The van der Waals surface area contributed by atoms with E-state index in [0.29, 0.717) is 12.1 Å². The number of benzene rings is 3. The van der Waals surface area contributed by atoms with Crippen LogP contribution < -0.4 is 21.8 Å². The third kappa shape index (κ3) is 5.04. The summed E-state index contributed by atoms with van der Waals surface area (Å²) in [5, 5.41) is 17.2. The van der Waals surface area contributed by atoms with E-state index in [1.54, 1.807) is 50.5 Å². The van der Waals surface area contributed by atoms with Crippen molar-refractivity contribution in [3.05, 3.63) is 111 Å². The molecule has 0 saturated carbocycles. The number of para-hydroxylation sites is 2. The van der Waals surface area contributed by atoms with Crippen molar-refractivity contribution in [3.63, 3.8) is 0 Å². The van der Waals surface area contributed by atoms with Crippen LogP contribution in [0.4, 0.5) is 17.1 Å². The van der Waals surface area contributed by atoms with Crippen LogP contribution >= 0.6 is 0 Å². The standard InChI is InChI=1S/C29H31N5O4/c1-5-22(19-13-8-6-9-14-19)30-24-25(31-23-18-12-17-21(26(23)35)27(36)32(2)3)29(38)34(33(4)28(24)37)20-15-10-7-11-16-20/h6-18,22,30-31,35H,5H2,1-4H3. The lowest BCUT2D eigenvalue weighted by atomic mass is 10.0. The number of rotatable bonds is 8. The molecule has 38 heavy (non-hydrogen) atoms. The summed E-state index contributed by atoms with van der Waals surface area (Å²) >= 11 is 0. The van der Waals surface area contributed by atoms with Crippen LogP contribution in [0.2, 0.25) is 0 Å². The van der Waals surface area contributed by atoms with E-state index in [2.05, 4.69) is 10.6 Å². The largest absolute Gasteiger partial charge is 0.505 e. The molecule has 1 aromatic heterocycles. The number of carbonyl (C=O) groups excluding carboxylic acids is 1. The number of phenolic OH excluding ortho intramolecular Hbond substituents is 1. The third-order valence-corrected chi connectivity index (χ3v) is 6.33. The Labute approximate surface area is 220 Å². The van der Waals surface area contributed by atoms with E-state index in [0.717, 1.165) is 5.56 Å². The molecule has 3 N–H and O–H groups in total. The van der Waals surface area contributed by atoms with E-state index in [9.17, 15) is 19.5 Å². The summed E-state index contributed by atoms with van der Waals surface area (Å²) in [6, 6.07) is 22.8. The molecule has 4 aromatic rings. The molecule has 4 rings (SSSR count). The van der Waals surface area contributed by atoms with Gasteiger partial charge < -0.3 is 20.6 Å². The zero-order chi connectivity index (χ0) is 27.4. The molecule has 0 fully saturated rings. The van der Waals surface area contributed by atoms with Gasteiger partial charge in [-0.3, -0.25) is 14.4 Å². The molecule has 3 aromatic carbocycles. The van der Waals surface area contributed by atoms with Crippen LogP contribution in [0.25, 0.3) is 5.69 Å². The number of aromatic hydroxyl groups is 1. The number of anilines is 3. The molecule has 0 aliphatic heterocycles. The van der Waals surface area contributed by atoms with E-state index in [1.165, 1.54) is 27.4 Å². The van der Waals surface area contributed by atoms with Gasteiger partial charge in [-0.1, -0.05) is 61.5 Å². The van der Waals surface area contributed by atoms with E-state index in [-0.39, 0.29) is 34.4 Å². The Balaban J connectivity index is 1.93. The van der Waals surface area contributed by atoms with Crippen molar-refractivity contribution in [1.29, 1.82) is 0 Å². The molecule has 9 heteroatoms. The molecule has 1 unspecified atom stereocenters. The van der Waals surface area contributed by atoms with Gasteiger partial charge in [0, 0.05) is 21.1 Å². The number of nitrogens with zero attached hydrogens (tertiary/aromatic N) is 3. The molecule has 0 spiro atoms. The molecule has 0 aliphatic rings. The van der Waals surface area contributed by atoms with Crippen molar-refractivity contribution in [2.75, 3.05) is 24.7 Å². The van der Waals surface area contributed by atoms with Crippen LogP contribution in [0, 0.1) is 0 Å². The zero-order valence-corrected chi connectivity index (χ0v) is 21.8. The molecule has 1 atom stereocenters. The first-order chi connectivity index (χ1) is 18.2. The van der Waals surface area contributed by atoms with Gasteiger partial charge >= 0.3 is 0 Å². The lowest BCUT2D eigenvalue weighted by Gasteiger charge is -2.23. The van der Waals surface area contributed by atoms with Gasteiger partial charge in [-0.05, 0) is 36.2 Å². The van der Waals surface area contributed by atoms with Gasteiger partial charge in [0.15, 0.2) is 5.75 Å². The van der Waals surface area contributed by atoms with Crippen molar-refractivity contribution in [1.82, 2.24) is 14.3 Å². The highest BCUT2D eigenvalue weighted by molar-refractivity contribution is 5.98. The summed E-state index contributed by atoms with van der Waals surface area (Å²) in [5.41, 5.74) is 0.716. The van der Waals surface area contributed by atoms with Gasteiger partial charge in [0.25, 0.3) is 17.0 Å². The van der Waals surface area contributed by atoms with Gasteiger partial charge in [-0.2, -0.15) is 0 Å². The number of hydrogen-bond acceptors (Lipinski definition) is 6. The second-order valence-corrected chi connectivity index (χ2v) is 9.07. The molecule has 0 bridgehead atoms. The fourth-order valence-electron chi connectivity index (χ4n) is 4.29. The highest BCUT2D eigenvalue weighted by Gasteiger charge is 2.24. The molecule has 196 valence electrons. The fraction of sp³-hybridized carbons (Fsp3) is 0.207. The Morgan fingerprint density at radius 3 is 2.13 bits per heavy atom. The van der Waals surface area contributed by atoms with Crippen LogP contribution in [-0.2, 0) is 7.05 Å². The highest BCUT2D eigenvalue weighted by Crippen LogP contribution is 2.32. The Bertz CT molecular complexity index is 1560. The predicted octanol–water partition coefficient (Wildman–Crippen LogP) is 4.25. The lowest BCUT2D eigenvalue weighted by molar-refractivity contribution is 0.0824. The van der Waals surface area contributed by atoms with Crippen LogP contribution in [-0.4, -0.2) is 39.4 Å². The number of phenols is 1. The first-order valence-corrected chi connectivity index (χ1v) is 12.3. The monoisotopic (exact) mass is 513 g/mol. The highest BCUT2D eigenvalue weighted by atomic mass is 16.3. The topological polar surface area (TPSA) is 109 Å². The molecular weight excluding hydrogens is 482 g/mol. The average molecular weight is 514 g/mol. The number of carbonyl (C=O) groups is 1. The summed E-state index contributed by atoms with van der Waals surface area (Å²) in [7, 11) is 4.69. The Hall–Kier alpha value is -4.79. The SMILES string of the molecule is CCC(Nc1c(Nc2cccc(C(=O)N(C)C)c2O)c(=O)n(-c2ccccc2)n(C)c1=O)c1ccccc1. The number of nitrogens with one attached hydrogen (secondary N) is 2. The van der Waals surface area contributed by atoms with E-state index >= 15 is 0 Å². The van der Waals surface area contributed by atoms with Gasteiger partial charge in [-0.15, -0.1) is 0 Å². The minimum Gasteiger partial charge on any atom is -0.505 e. The summed E-state index contributed by atoms with van der Waals surface area (Å²) in [5.74, 6) is -0.719. The molecular formula is C29H31N5O4. The smallest absolute Gasteiger partial charge is 0.295 e. The van der Waals surface area contributed by atoms with Gasteiger partial charge in [0.1, 0.15) is 11.4 Å². The zero-order valence-electron chi connectivity index (χ0n) is 21.8. The van der Waals surface area contributed by atoms with E-state index in [1.807, 2.05) is 43.3 Å². The first-order valence-electron chi connectivity index (χ1n) is 12.3. The van der Waals surface area contributed by atoms with Crippen molar-refractivity contribution in [3.8, 4) is 11.4 Å². The summed E-state index contributed by atoms with van der Waals surface area (Å²) < 4.78 is 2.53. The molecule has 9 nitrogen and oxygen atoms in total. The van der Waals surface area contributed by atoms with Crippen LogP contribution in [0.15, 0.2) is 88.5 Å². The first kappa shape index (κ1) is 26.3. The van der Waals surface area contributed by atoms with Crippen molar-refractivity contribution < 1.29 is 9.90 Å². The Kier molecular flexibility index (Phi) is 7.66. The summed E-state index contributed by atoms with van der Waals surface area (Å²) in [6.07, 6.45) is 0.645. The van der Waals surface area contributed by atoms with Gasteiger partial charge in [0.05, 0.1) is 23.0 Å². The average Bonchev–Trinajstić information content (AvgIpc) is 2.93. The Morgan fingerprint density at radius 2 is 1.53 bits per heavy atom. The normalized spacial score (nSPS) is 11.6. The van der Waals surface area contributed by atoms with Crippen LogP contribution in [0.5, 0.6) is 5.75 Å². The Morgan fingerprint density at radius 1 is 0.895 bits per heavy atom. The van der Waals surface area contributed by atoms with Crippen molar-refractivity contribution >= 4 is 23.0 Å². The second kappa shape index (κ2) is 11.1. The molecule has 1 amide bonds. The summed E-state index contributed by atoms with van der Waals surface area (Å²) in [6.45, 7) is 1.98. The number of hydrogen-bond donors (Lipinski definition) is 3. The molecule has 0 aliphatic carbocycles. The van der Waals surface area contributed by atoms with Crippen LogP contribution in [0.1, 0.15) is 35.3 Å². The van der Waals surface area contributed by atoms with Crippen molar-refractivity contribution in [2.45, 2.75) is 19.4 Å². The minimum absolute atomic E-state index is 0.0453. The maximum atomic E-state index is 14.0. The maximum absolute atomic E-state index is 14.0. The molecule has 0 saturated heterocycles. The molecule has 1 heterocycles. The van der Waals surface area contributed by atoms with Crippen LogP contribution in [0.3, 0.4) is 0 Å². The van der Waals surface area contributed by atoms with Gasteiger partial charge in [0.2, 0.25) is 0 Å². The van der Waals surface area contributed by atoms with Gasteiger partial charge in [-0.25, -0.2) is 9.36 Å². The van der Waals surface area contributed by atoms with E-state index in [4.69, 9.17) is 0 Å².